The minimum atomic E-state index is -0.972. The van der Waals surface area contributed by atoms with Crippen LogP contribution in [0.3, 0.4) is 0 Å². The van der Waals surface area contributed by atoms with E-state index in [4.69, 9.17) is 5.11 Å². The van der Waals surface area contributed by atoms with Gasteiger partial charge in [-0.3, -0.25) is 9.69 Å². The Hall–Kier alpha value is -0.680. The predicted molar refractivity (Wildman–Crippen MR) is 58.2 cm³/mol. The molecule has 2 fully saturated rings. The minimum absolute atomic E-state index is 0.154. The number of carboxylic acid groups (broad SMARTS) is 1. The maximum Gasteiger partial charge on any atom is 0.321 e. The summed E-state index contributed by atoms with van der Waals surface area (Å²) in [5, 5.41) is 9.07. The van der Waals surface area contributed by atoms with Gasteiger partial charge < -0.3 is 10.0 Å². The standard InChI is InChI=1S/C11H19FN2O2/c1-13-4-2-9(3-5-13)14-7-8(12)6-10(14)11(15)16/h8-10H,2-7H2,1H3,(H,15,16)/t8-,10?/m0/s1. The monoisotopic (exact) mass is 230 g/mol. The maximum absolute atomic E-state index is 13.3. The first-order valence-corrected chi connectivity index (χ1v) is 5.89. The third-order valence-electron chi connectivity index (χ3n) is 3.73. The van der Waals surface area contributed by atoms with Crippen LogP contribution in [-0.4, -0.2) is 65.8 Å². The van der Waals surface area contributed by atoms with Gasteiger partial charge >= 0.3 is 5.97 Å². The Kier molecular flexibility index (Phi) is 3.44. The SMILES string of the molecule is CN1CCC(N2C[C@@H](F)CC2C(=O)O)CC1. The third-order valence-corrected chi connectivity index (χ3v) is 3.73. The topological polar surface area (TPSA) is 43.8 Å². The van der Waals surface area contributed by atoms with Gasteiger partial charge in [0, 0.05) is 19.0 Å². The van der Waals surface area contributed by atoms with Crippen LogP contribution in [0.1, 0.15) is 19.3 Å². The molecule has 5 heteroatoms. The molecule has 2 aliphatic heterocycles. The Labute approximate surface area is 95.0 Å². The van der Waals surface area contributed by atoms with Gasteiger partial charge in [0.2, 0.25) is 0 Å². The summed E-state index contributed by atoms with van der Waals surface area (Å²) in [5.41, 5.74) is 0. The number of carbonyl (C=O) groups is 1. The van der Waals surface area contributed by atoms with Crippen molar-refractivity contribution < 1.29 is 14.3 Å². The number of halogens is 1. The fourth-order valence-corrected chi connectivity index (χ4v) is 2.78. The molecule has 2 heterocycles. The van der Waals surface area contributed by atoms with Crippen LogP contribution in [0.4, 0.5) is 4.39 Å². The van der Waals surface area contributed by atoms with E-state index in [1.807, 2.05) is 4.90 Å². The first-order chi connectivity index (χ1) is 7.58. The van der Waals surface area contributed by atoms with Gasteiger partial charge in [0.25, 0.3) is 0 Å². The van der Waals surface area contributed by atoms with Crippen molar-refractivity contribution in [2.75, 3.05) is 26.7 Å². The average molecular weight is 230 g/mol. The molecule has 0 aromatic heterocycles. The zero-order valence-corrected chi connectivity index (χ0v) is 9.60. The molecule has 0 bridgehead atoms. The fourth-order valence-electron chi connectivity index (χ4n) is 2.78. The molecule has 16 heavy (non-hydrogen) atoms. The lowest BCUT2D eigenvalue weighted by atomic mass is 10.0. The van der Waals surface area contributed by atoms with Crippen molar-refractivity contribution >= 4 is 5.97 Å². The summed E-state index contributed by atoms with van der Waals surface area (Å²) in [4.78, 5) is 15.1. The highest BCUT2D eigenvalue weighted by atomic mass is 19.1. The van der Waals surface area contributed by atoms with E-state index in [2.05, 4.69) is 11.9 Å². The van der Waals surface area contributed by atoms with Crippen LogP contribution in [0.15, 0.2) is 0 Å². The molecule has 1 N–H and O–H groups in total. The summed E-state index contributed by atoms with van der Waals surface area (Å²) >= 11 is 0. The number of likely N-dealkylation sites (tertiary alicyclic amines) is 2. The molecular weight excluding hydrogens is 211 g/mol. The molecule has 1 unspecified atom stereocenters. The van der Waals surface area contributed by atoms with Crippen LogP contribution in [0.25, 0.3) is 0 Å². The molecule has 0 saturated carbocycles. The number of nitrogens with zero attached hydrogens (tertiary/aromatic N) is 2. The molecule has 2 atom stereocenters. The Morgan fingerprint density at radius 2 is 2.00 bits per heavy atom. The van der Waals surface area contributed by atoms with Crippen LogP contribution >= 0.6 is 0 Å². The summed E-state index contributed by atoms with van der Waals surface area (Å²) in [5.74, 6) is -0.876. The van der Waals surface area contributed by atoms with Crippen LogP contribution in [0, 0.1) is 0 Å². The van der Waals surface area contributed by atoms with E-state index in [0.29, 0.717) is 6.54 Å². The lowest BCUT2D eigenvalue weighted by Gasteiger charge is -2.36. The van der Waals surface area contributed by atoms with Gasteiger partial charge in [0.15, 0.2) is 0 Å². The predicted octanol–water partition coefficient (Wildman–Crippen LogP) is 0.578. The highest BCUT2D eigenvalue weighted by Crippen LogP contribution is 2.27. The number of piperidine rings is 1. The Morgan fingerprint density at radius 3 is 2.56 bits per heavy atom. The Balaban J connectivity index is 1.99. The summed E-state index contributed by atoms with van der Waals surface area (Å²) < 4.78 is 13.3. The van der Waals surface area contributed by atoms with E-state index in [1.54, 1.807) is 0 Å². The molecule has 0 aromatic rings. The molecule has 92 valence electrons. The van der Waals surface area contributed by atoms with Crippen molar-refractivity contribution in [1.82, 2.24) is 9.80 Å². The second kappa shape index (κ2) is 4.67. The molecule has 2 rings (SSSR count). The number of rotatable bonds is 2. The van der Waals surface area contributed by atoms with Gasteiger partial charge in [-0.05, 0) is 33.0 Å². The number of alkyl halides is 1. The molecule has 0 aromatic carbocycles. The van der Waals surface area contributed by atoms with Gasteiger partial charge in [-0.25, -0.2) is 4.39 Å². The van der Waals surface area contributed by atoms with E-state index in [9.17, 15) is 9.18 Å². The smallest absolute Gasteiger partial charge is 0.321 e. The molecule has 0 amide bonds. The Bertz CT molecular complexity index is 267. The molecule has 2 aliphatic rings. The van der Waals surface area contributed by atoms with Gasteiger partial charge in [-0.15, -0.1) is 0 Å². The average Bonchev–Trinajstić information content (AvgIpc) is 2.61. The van der Waals surface area contributed by atoms with E-state index in [1.165, 1.54) is 0 Å². The molecule has 0 aliphatic carbocycles. The Morgan fingerprint density at radius 1 is 1.38 bits per heavy atom. The number of hydrogen-bond acceptors (Lipinski definition) is 3. The van der Waals surface area contributed by atoms with E-state index >= 15 is 0 Å². The highest BCUT2D eigenvalue weighted by Gasteiger charge is 2.41. The van der Waals surface area contributed by atoms with Gasteiger partial charge in [-0.2, -0.15) is 0 Å². The summed E-state index contributed by atoms with van der Waals surface area (Å²) in [7, 11) is 2.06. The zero-order valence-electron chi connectivity index (χ0n) is 9.60. The van der Waals surface area contributed by atoms with Gasteiger partial charge in [-0.1, -0.05) is 0 Å². The molecule has 0 radical (unpaired) electrons. The second-order valence-electron chi connectivity index (χ2n) is 4.92. The van der Waals surface area contributed by atoms with E-state index < -0.39 is 18.2 Å². The van der Waals surface area contributed by atoms with E-state index in [0.717, 1.165) is 25.9 Å². The normalized spacial score (nSPS) is 34.4. The van der Waals surface area contributed by atoms with Crippen molar-refractivity contribution in [1.29, 1.82) is 0 Å². The summed E-state index contributed by atoms with van der Waals surface area (Å²) in [6.45, 7) is 2.25. The second-order valence-corrected chi connectivity index (χ2v) is 4.92. The van der Waals surface area contributed by atoms with Crippen molar-refractivity contribution in [3.05, 3.63) is 0 Å². The number of aliphatic carboxylic acids is 1. The molecular formula is C11H19FN2O2. The summed E-state index contributed by atoms with van der Waals surface area (Å²) in [6, 6.07) is -0.360. The quantitative estimate of drug-likeness (QED) is 0.753. The molecule has 2 saturated heterocycles. The van der Waals surface area contributed by atoms with Crippen molar-refractivity contribution in [3.63, 3.8) is 0 Å². The minimum Gasteiger partial charge on any atom is -0.480 e. The van der Waals surface area contributed by atoms with Crippen molar-refractivity contribution in [3.8, 4) is 0 Å². The van der Waals surface area contributed by atoms with Gasteiger partial charge in [0.05, 0.1) is 0 Å². The van der Waals surface area contributed by atoms with Crippen molar-refractivity contribution in [2.24, 2.45) is 0 Å². The molecule has 0 spiro atoms. The van der Waals surface area contributed by atoms with E-state index in [-0.39, 0.29) is 12.5 Å². The van der Waals surface area contributed by atoms with Crippen LogP contribution < -0.4 is 0 Å². The van der Waals surface area contributed by atoms with Crippen LogP contribution in [0.5, 0.6) is 0 Å². The van der Waals surface area contributed by atoms with Crippen LogP contribution in [0.2, 0.25) is 0 Å². The lowest BCUT2D eigenvalue weighted by molar-refractivity contribution is -0.143. The third kappa shape index (κ3) is 2.35. The first kappa shape index (κ1) is 11.8. The number of carboxylic acids is 1. The number of hydrogen-bond donors (Lipinski definition) is 1. The van der Waals surface area contributed by atoms with Gasteiger partial charge in [0.1, 0.15) is 12.2 Å². The highest BCUT2D eigenvalue weighted by molar-refractivity contribution is 5.74. The molecule has 4 nitrogen and oxygen atoms in total. The summed E-state index contributed by atoms with van der Waals surface area (Å²) in [6.07, 6.45) is 1.09. The fraction of sp³-hybridized carbons (Fsp3) is 0.909. The zero-order chi connectivity index (χ0) is 11.7. The maximum atomic E-state index is 13.3. The lowest BCUT2D eigenvalue weighted by Crippen LogP contribution is -2.48. The van der Waals surface area contributed by atoms with Crippen molar-refractivity contribution in [2.45, 2.75) is 37.5 Å². The largest absolute Gasteiger partial charge is 0.480 e. The van der Waals surface area contributed by atoms with Crippen LogP contribution in [-0.2, 0) is 4.79 Å². The first-order valence-electron chi connectivity index (χ1n) is 5.89.